The van der Waals surface area contributed by atoms with Gasteiger partial charge in [0, 0.05) is 7.05 Å². The topological polar surface area (TPSA) is 57.6 Å². The minimum Gasteiger partial charge on any atom is -0.394 e. The molecule has 1 aromatic rings. The second-order valence-electron chi connectivity index (χ2n) is 4.95. The maximum absolute atomic E-state index is 12.7. The molecular formula is C12H16F3NO3S. The molecule has 4 nitrogen and oxygen atoms in total. The van der Waals surface area contributed by atoms with Crippen LogP contribution < -0.4 is 4.90 Å². The maximum Gasteiger partial charge on any atom is 0.501 e. The first-order valence-corrected chi connectivity index (χ1v) is 7.18. The van der Waals surface area contributed by atoms with E-state index >= 15 is 0 Å². The molecule has 0 aliphatic carbocycles. The number of hydrogen-bond acceptors (Lipinski definition) is 4. The SMILES string of the molecule is CN(c1ccccc1S(=O)(=O)C(F)(F)F)C(C)(C)CO. The van der Waals surface area contributed by atoms with Gasteiger partial charge >= 0.3 is 5.51 Å². The van der Waals surface area contributed by atoms with Gasteiger partial charge in [-0.1, -0.05) is 12.1 Å². The van der Waals surface area contributed by atoms with Crippen LogP contribution in [-0.4, -0.2) is 38.2 Å². The lowest BCUT2D eigenvalue weighted by Gasteiger charge is -2.36. The second kappa shape index (κ2) is 5.25. The molecule has 1 rings (SSSR count). The fourth-order valence-corrected chi connectivity index (χ4v) is 2.51. The monoisotopic (exact) mass is 311 g/mol. The van der Waals surface area contributed by atoms with Crippen molar-refractivity contribution in [1.82, 2.24) is 0 Å². The molecule has 0 aliphatic rings. The van der Waals surface area contributed by atoms with Crippen LogP contribution in [0.2, 0.25) is 0 Å². The van der Waals surface area contributed by atoms with Crippen molar-refractivity contribution in [2.75, 3.05) is 18.6 Å². The average molecular weight is 311 g/mol. The highest BCUT2D eigenvalue weighted by Crippen LogP contribution is 2.37. The van der Waals surface area contributed by atoms with Crippen molar-refractivity contribution in [3.8, 4) is 0 Å². The van der Waals surface area contributed by atoms with E-state index in [0.29, 0.717) is 0 Å². The van der Waals surface area contributed by atoms with Crippen LogP contribution in [0.5, 0.6) is 0 Å². The molecule has 114 valence electrons. The van der Waals surface area contributed by atoms with E-state index in [9.17, 15) is 26.7 Å². The number of nitrogens with zero attached hydrogens (tertiary/aromatic N) is 1. The molecular weight excluding hydrogens is 295 g/mol. The average Bonchev–Trinajstić information content (AvgIpc) is 2.36. The first-order valence-electron chi connectivity index (χ1n) is 5.70. The molecule has 1 N–H and O–H groups in total. The Morgan fingerprint density at radius 1 is 1.20 bits per heavy atom. The number of benzene rings is 1. The predicted octanol–water partition coefficient (Wildman–Crippen LogP) is 2.19. The smallest absolute Gasteiger partial charge is 0.394 e. The van der Waals surface area contributed by atoms with Gasteiger partial charge in [-0.15, -0.1) is 0 Å². The Bertz CT molecular complexity index is 582. The van der Waals surface area contributed by atoms with E-state index in [4.69, 9.17) is 0 Å². The van der Waals surface area contributed by atoms with Gasteiger partial charge in [0.1, 0.15) is 0 Å². The van der Waals surface area contributed by atoms with Crippen LogP contribution >= 0.6 is 0 Å². The third kappa shape index (κ3) is 2.90. The molecule has 0 saturated heterocycles. The van der Waals surface area contributed by atoms with Gasteiger partial charge < -0.3 is 10.0 Å². The summed E-state index contributed by atoms with van der Waals surface area (Å²) in [6, 6.07) is 4.84. The lowest BCUT2D eigenvalue weighted by Crippen LogP contribution is -2.45. The lowest BCUT2D eigenvalue weighted by atomic mass is 10.0. The van der Waals surface area contributed by atoms with Crippen molar-refractivity contribution in [2.45, 2.75) is 29.8 Å². The highest BCUT2D eigenvalue weighted by molar-refractivity contribution is 7.92. The summed E-state index contributed by atoms with van der Waals surface area (Å²) >= 11 is 0. The summed E-state index contributed by atoms with van der Waals surface area (Å²) in [6.45, 7) is 2.83. The standard InChI is InChI=1S/C12H16F3NO3S/c1-11(2,8-17)16(3)9-6-4-5-7-10(9)20(18,19)12(13,14)15/h4-7,17H,8H2,1-3H3. The summed E-state index contributed by atoms with van der Waals surface area (Å²) in [4.78, 5) is 0.488. The van der Waals surface area contributed by atoms with Crippen LogP contribution in [0.1, 0.15) is 13.8 Å². The molecule has 0 atom stereocenters. The predicted molar refractivity (Wildman–Crippen MR) is 69.3 cm³/mol. The highest BCUT2D eigenvalue weighted by Gasteiger charge is 2.48. The van der Waals surface area contributed by atoms with Crippen LogP contribution in [0.3, 0.4) is 0 Å². The lowest BCUT2D eigenvalue weighted by molar-refractivity contribution is -0.0435. The van der Waals surface area contributed by atoms with E-state index in [1.807, 2.05) is 0 Å². The summed E-state index contributed by atoms with van der Waals surface area (Å²) < 4.78 is 61.2. The molecule has 0 aromatic heterocycles. The van der Waals surface area contributed by atoms with Crippen molar-refractivity contribution < 1.29 is 26.7 Å². The van der Waals surface area contributed by atoms with E-state index in [2.05, 4.69) is 0 Å². The number of alkyl halides is 3. The Hall–Kier alpha value is -1.28. The van der Waals surface area contributed by atoms with E-state index in [0.717, 1.165) is 6.07 Å². The Kier molecular flexibility index (Phi) is 4.40. The molecule has 1 aromatic carbocycles. The number of likely N-dealkylation sites (N-methyl/N-ethyl adjacent to an activating group) is 1. The van der Waals surface area contributed by atoms with Crippen molar-refractivity contribution >= 4 is 15.5 Å². The molecule has 0 aliphatic heterocycles. The van der Waals surface area contributed by atoms with Gasteiger partial charge in [-0.3, -0.25) is 0 Å². The van der Waals surface area contributed by atoms with E-state index in [1.54, 1.807) is 13.8 Å². The second-order valence-corrected chi connectivity index (χ2v) is 6.86. The summed E-state index contributed by atoms with van der Waals surface area (Å²) in [5.41, 5.74) is -6.38. The Morgan fingerprint density at radius 2 is 1.70 bits per heavy atom. The van der Waals surface area contributed by atoms with Crippen molar-refractivity contribution in [2.24, 2.45) is 0 Å². The normalized spacial score (nSPS) is 13.3. The zero-order chi connectivity index (χ0) is 15.8. The zero-order valence-electron chi connectivity index (χ0n) is 11.3. The quantitative estimate of drug-likeness (QED) is 0.926. The largest absolute Gasteiger partial charge is 0.501 e. The molecule has 0 radical (unpaired) electrons. The third-order valence-electron chi connectivity index (χ3n) is 3.12. The van der Waals surface area contributed by atoms with Crippen LogP contribution in [0.4, 0.5) is 18.9 Å². The van der Waals surface area contributed by atoms with E-state index in [1.165, 1.54) is 30.1 Å². The fraction of sp³-hybridized carbons (Fsp3) is 0.500. The van der Waals surface area contributed by atoms with Gasteiger partial charge in [-0.2, -0.15) is 13.2 Å². The maximum atomic E-state index is 12.7. The third-order valence-corrected chi connectivity index (χ3v) is 4.65. The molecule has 20 heavy (non-hydrogen) atoms. The fourth-order valence-electron chi connectivity index (χ4n) is 1.52. The van der Waals surface area contributed by atoms with Gasteiger partial charge in [-0.05, 0) is 26.0 Å². The number of para-hydroxylation sites is 1. The molecule has 8 heteroatoms. The first-order chi connectivity index (χ1) is 8.95. The van der Waals surface area contributed by atoms with Gasteiger partial charge in [0.2, 0.25) is 0 Å². The van der Waals surface area contributed by atoms with Crippen molar-refractivity contribution in [3.63, 3.8) is 0 Å². The number of halogens is 3. The van der Waals surface area contributed by atoms with E-state index in [-0.39, 0.29) is 12.3 Å². The summed E-state index contributed by atoms with van der Waals surface area (Å²) in [6.07, 6.45) is 0. The van der Waals surface area contributed by atoms with Gasteiger partial charge in [0.25, 0.3) is 9.84 Å². The molecule has 0 amide bonds. The summed E-state index contributed by atoms with van der Waals surface area (Å²) in [7, 11) is -4.01. The van der Waals surface area contributed by atoms with Crippen LogP contribution in [0.15, 0.2) is 29.2 Å². The number of rotatable bonds is 4. The first kappa shape index (κ1) is 16.8. The number of hydrogen-bond donors (Lipinski definition) is 1. The molecule has 0 saturated carbocycles. The molecule has 0 spiro atoms. The Labute approximate surface area is 115 Å². The molecule has 0 fully saturated rings. The number of aliphatic hydroxyl groups is 1. The van der Waals surface area contributed by atoms with Gasteiger partial charge in [-0.25, -0.2) is 8.42 Å². The van der Waals surface area contributed by atoms with Crippen molar-refractivity contribution in [3.05, 3.63) is 24.3 Å². The Balaban J connectivity index is 3.48. The summed E-state index contributed by atoms with van der Waals surface area (Å²) in [5, 5.41) is 9.27. The van der Waals surface area contributed by atoms with Crippen LogP contribution in [0, 0.1) is 0 Å². The van der Waals surface area contributed by atoms with Gasteiger partial charge in [0.05, 0.1) is 22.7 Å². The van der Waals surface area contributed by atoms with Crippen LogP contribution in [0.25, 0.3) is 0 Å². The minimum absolute atomic E-state index is 0.108. The summed E-state index contributed by atoms with van der Waals surface area (Å²) in [5.74, 6) is 0. The van der Waals surface area contributed by atoms with Gasteiger partial charge in [0.15, 0.2) is 0 Å². The highest BCUT2D eigenvalue weighted by atomic mass is 32.2. The molecule has 0 unspecified atom stereocenters. The van der Waals surface area contributed by atoms with E-state index < -0.39 is 25.8 Å². The number of sulfone groups is 1. The van der Waals surface area contributed by atoms with Crippen molar-refractivity contribution in [1.29, 1.82) is 0 Å². The zero-order valence-corrected chi connectivity index (χ0v) is 12.1. The number of aliphatic hydroxyl groups excluding tert-OH is 1. The van der Waals surface area contributed by atoms with Crippen LogP contribution in [-0.2, 0) is 9.84 Å². The molecule has 0 heterocycles. The number of anilines is 1. The Morgan fingerprint density at radius 3 is 2.15 bits per heavy atom. The minimum atomic E-state index is -5.44. The molecule has 0 bridgehead atoms.